The fraction of sp³-hybridized carbons (Fsp3) is 0.355. The second kappa shape index (κ2) is 12.5. The molecule has 0 atom stereocenters. The second-order valence-electron chi connectivity index (χ2n) is 10.8. The number of carbonyl (C=O) groups is 1. The quantitative estimate of drug-likeness (QED) is 0.264. The number of piperazine rings is 1. The Morgan fingerprint density at radius 3 is 2.47 bits per heavy atom. The maximum absolute atomic E-state index is 12.5. The van der Waals surface area contributed by atoms with Gasteiger partial charge in [0.1, 0.15) is 41.1 Å². The van der Waals surface area contributed by atoms with Crippen molar-refractivity contribution in [1.29, 1.82) is 0 Å². The molecule has 224 valence electrons. The summed E-state index contributed by atoms with van der Waals surface area (Å²) < 4.78 is 13.3. The van der Waals surface area contributed by atoms with E-state index in [-0.39, 0.29) is 6.09 Å². The first-order chi connectivity index (χ1) is 20.7. The number of benzene rings is 1. The number of fused-ring (bicyclic) bond motifs is 2. The number of ether oxygens (including phenoxy) is 2. The molecule has 0 radical (unpaired) electrons. The van der Waals surface area contributed by atoms with Gasteiger partial charge >= 0.3 is 6.09 Å². The number of pyridine rings is 2. The monoisotopic (exact) mass is 583 g/mol. The molecule has 43 heavy (non-hydrogen) atoms. The maximum atomic E-state index is 12.5. The van der Waals surface area contributed by atoms with Gasteiger partial charge in [-0.1, -0.05) is 13.8 Å². The summed E-state index contributed by atoms with van der Waals surface area (Å²) in [6, 6.07) is 13.4. The lowest BCUT2D eigenvalue weighted by Crippen LogP contribution is -2.50. The van der Waals surface area contributed by atoms with E-state index in [1.54, 1.807) is 9.42 Å². The standard InChI is InChI=1S/C29H31N9O3.C2H6/c1-19-15-20(5-7-23(19)40-21-9-10-38-25(16-21)31-18-33-38)34-27-26-22(30-17-32-27)6-8-24(35-26)36-11-13-37(14-12-36)28(39)41-29(2,3)4;1-2/h5-10,15-18H,11-14H2,1-4H3,(H,30,32,34);1-2H3. The largest absolute Gasteiger partial charge is 0.457 e. The van der Waals surface area contributed by atoms with Crippen LogP contribution in [0.5, 0.6) is 11.5 Å². The highest BCUT2D eigenvalue weighted by atomic mass is 16.6. The lowest BCUT2D eigenvalue weighted by molar-refractivity contribution is 0.0240. The van der Waals surface area contributed by atoms with Gasteiger partial charge in [0.15, 0.2) is 11.5 Å². The van der Waals surface area contributed by atoms with Crippen LogP contribution >= 0.6 is 0 Å². The average molecular weight is 584 g/mol. The van der Waals surface area contributed by atoms with E-state index in [1.807, 2.05) is 90.2 Å². The highest BCUT2D eigenvalue weighted by Gasteiger charge is 2.26. The van der Waals surface area contributed by atoms with Crippen LogP contribution < -0.4 is 15.0 Å². The Labute approximate surface area is 250 Å². The summed E-state index contributed by atoms with van der Waals surface area (Å²) >= 11 is 0. The molecule has 12 nitrogen and oxygen atoms in total. The Hall–Kier alpha value is -5.00. The van der Waals surface area contributed by atoms with Gasteiger partial charge in [0.05, 0.1) is 5.52 Å². The summed E-state index contributed by atoms with van der Waals surface area (Å²) in [5, 5.41) is 7.51. The van der Waals surface area contributed by atoms with Gasteiger partial charge < -0.3 is 24.6 Å². The van der Waals surface area contributed by atoms with Gasteiger partial charge in [-0.2, -0.15) is 5.10 Å². The van der Waals surface area contributed by atoms with Crippen LogP contribution in [0.25, 0.3) is 16.7 Å². The number of hydrogen-bond acceptors (Lipinski definition) is 10. The van der Waals surface area contributed by atoms with E-state index in [0.29, 0.717) is 48.9 Å². The average Bonchev–Trinajstić information content (AvgIpc) is 3.47. The molecule has 4 aromatic heterocycles. The number of amides is 1. The van der Waals surface area contributed by atoms with Crippen LogP contribution in [0.4, 0.5) is 22.1 Å². The molecule has 0 unspecified atom stereocenters. The summed E-state index contributed by atoms with van der Waals surface area (Å²) in [6.07, 6.45) is 4.56. The molecule has 1 N–H and O–H groups in total. The molecule has 5 aromatic rings. The number of hydrogen-bond donors (Lipinski definition) is 1. The predicted molar refractivity (Wildman–Crippen MR) is 166 cm³/mol. The first-order valence-electron chi connectivity index (χ1n) is 14.4. The zero-order chi connectivity index (χ0) is 30.6. The van der Waals surface area contributed by atoms with Gasteiger partial charge in [0.25, 0.3) is 0 Å². The van der Waals surface area contributed by atoms with Crippen molar-refractivity contribution < 1.29 is 14.3 Å². The van der Waals surface area contributed by atoms with Crippen molar-refractivity contribution >= 4 is 40.1 Å². The Morgan fingerprint density at radius 2 is 1.72 bits per heavy atom. The number of carbonyl (C=O) groups excluding carboxylic acids is 1. The Bertz CT molecular complexity index is 1720. The smallest absolute Gasteiger partial charge is 0.410 e. The normalized spacial score (nSPS) is 13.4. The third kappa shape index (κ3) is 6.91. The molecule has 1 aromatic carbocycles. The first-order valence-corrected chi connectivity index (χ1v) is 14.4. The molecule has 1 aliphatic rings. The Balaban J connectivity index is 0.00000180. The highest BCUT2D eigenvalue weighted by Crippen LogP contribution is 2.30. The van der Waals surface area contributed by atoms with E-state index >= 15 is 0 Å². The molecule has 0 aliphatic carbocycles. The molecule has 12 heteroatoms. The zero-order valence-electron chi connectivity index (χ0n) is 25.4. The van der Waals surface area contributed by atoms with Crippen molar-refractivity contribution in [1.82, 2.24) is 34.4 Å². The topological polar surface area (TPSA) is 123 Å². The molecule has 1 amide bonds. The second-order valence-corrected chi connectivity index (χ2v) is 10.8. The summed E-state index contributed by atoms with van der Waals surface area (Å²) in [7, 11) is 0. The van der Waals surface area contributed by atoms with Crippen LogP contribution in [-0.4, -0.2) is 72.3 Å². The minimum absolute atomic E-state index is 0.286. The fourth-order valence-corrected chi connectivity index (χ4v) is 4.61. The van der Waals surface area contributed by atoms with Crippen LogP contribution in [0.15, 0.2) is 61.3 Å². The predicted octanol–water partition coefficient (Wildman–Crippen LogP) is 6.00. The lowest BCUT2D eigenvalue weighted by atomic mass is 10.2. The van der Waals surface area contributed by atoms with Crippen LogP contribution in [0.3, 0.4) is 0 Å². The Morgan fingerprint density at radius 1 is 0.930 bits per heavy atom. The molecule has 5 heterocycles. The molecule has 0 bridgehead atoms. The van der Waals surface area contributed by atoms with Crippen LogP contribution in [0.2, 0.25) is 0 Å². The van der Waals surface area contributed by atoms with E-state index in [2.05, 4.69) is 30.3 Å². The maximum Gasteiger partial charge on any atom is 0.410 e. The highest BCUT2D eigenvalue weighted by molar-refractivity contribution is 5.88. The molecule has 0 spiro atoms. The van der Waals surface area contributed by atoms with Crippen molar-refractivity contribution in [3.63, 3.8) is 0 Å². The van der Waals surface area contributed by atoms with Crippen molar-refractivity contribution in [2.45, 2.75) is 47.1 Å². The van der Waals surface area contributed by atoms with Crippen molar-refractivity contribution in [3.8, 4) is 11.5 Å². The Kier molecular flexibility index (Phi) is 8.56. The minimum Gasteiger partial charge on any atom is -0.457 e. The number of anilines is 3. The number of aryl methyl sites for hydroxylation is 1. The fourth-order valence-electron chi connectivity index (χ4n) is 4.61. The van der Waals surface area contributed by atoms with E-state index in [4.69, 9.17) is 14.5 Å². The van der Waals surface area contributed by atoms with Crippen LogP contribution in [0, 0.1) is 6.92 Å². The van der Waals surface area contributed by atoms with Gasteiger partial charge in [0.2, 0.25) is 0 Å². The van der Waals surface area contributed by atoms with Gasteiger partial charge in [-0.05, 0) is 69.7 Å². The van der Waals surface area contributed by atoms with Crippen molar-refractivity contribution in [2.24, 2.45) is 0 Å². The van der Waals surface area contributed by atoms with Crippen molar-refractivity contribution in [3.05, 3.63) is 66.9 Å². The SMILES string of the molecule is CC.Cc1cc(Nc2ncnc3ccc(N4CCN(C(=O)OC(C)(C)C)CC4)nc23)ccc1Oc1ccn2ncnc2c1. The number of aromatic nitrogens is 6. The summed E-state index contributed by atoms with van der Waals surface area (Å²) in [5.41, 5.74) is 3.40. The first kappa shape index (κ1) is 29.5. The van der Waals surface area contributed by atoms with Gasteiger partial charge in [-0.25, -0.2) is 29.2 Å². The zero-order valence-corrected chi connectivity index (χ0v) is 25.4. The molecule has 0 saturated carbocycles. The molecule has 1 fully saturated rings. The third-order valence-electron chi connectivity index (χ3n) is 6.64. The number of nitrogens with zero attached hydrogens (tertiary/aromatic N) is 8. The van der Waals surface area contributed by atoms with Gasteiger partial charge in [-0.3, -0.25) is 0 Å². The van der Waals surface area contributed by atoms with Gasteiger partial charge in [-0.15, -0.1) is 0 Å². The minimum atomic E-state index is -0.517. The van der Waals surface area contributed by atoms with Crippen molar-refractivity contribution in [2.75, 3.05) is 36.4 Å². The van der Waals surface area contributed by atoms with Crippen LogP contribution in [0.1, 0.15) is 40.2 Å². The molecule has 1 aliphatic heterocycles. The molecular weight excluding hydrogens is 546 g/mol. The number of nitrogens with one attached hydrogen (secondary N) is 1. The number of rotatable bonds is 5. The summed E-state index contributed by atoms with van der Waals surface area (Å²) in [4.78, 5) is 34.3. The lowest BCUT2D eigenvalue weighted by Gasteiger charge is -2.36. The summed E-state index contributed by atoms with van der Waals surface area (Å²) in [6.45, 7) is 14.0. The third-order valence-corrected chi connectivity index (χ3v) is 6.64. The van der Waals surface area contributed by atoms with E-state index in [0.717, 1.165) is 28.3 Å². The van der Waals surface area contributed by atoms with Crippen LogP contribution in [-0.2, 0) is 4.74 Å². The molecule has 6 rings (SSSR count). The molecular formula is C31H37N9O3. The van der Waals surface area contributed by atoms with E-state index in [1.165, 1.54) is 12.7 Å². The van der Waals surface area contributed by atoms with Gasteiger partial charge in [0, 0.05) is 44.1 Å². The summed E-state index contributed by atoms with van der Waals surface area (Å²) in [5.74, 6) is 2.83. The molecule has 1 saturated heterocycles. The van der Waals surface area contributed by atoms with E-state index in [9.17, 15) is 4.79 Å². The van der Waals surface area contributed by atoms with E-state index < -0.39 is 5.60 Å².